The van der Waals surface area contributed by atoms with E-state index in [1.54, 1.807) is 38.1 Å². The minimum absolute atomic E-state index is 0.0688. The number of hydrogen-bond acceptors (Lipinski definition) is 5. The first-order chi connectivity index (χ1) is 16.8. The van der Waals surface area contributed by atoms with Gasteiger partial charge in [-0.1, -0.05) is 54.6 Å². The number of phenolic OH excluding ortho intramolecular Hbond substituents is 1. The van der Waals surface area contributed by atoms with E-state index >= 15 is 0 Å². The number of rotatable bonds is 7. The van der Waals surface area contributed by atoms with Crippen molar-refractivity contribution >= 4 is 17.6 Å². The molecule has 0 bridgehead atoms. The van der Waals surface area contributed by atoms with E-state index in [0.29, 0.717) is 5.56 Å². The van der Waals surface area contributed by atoms with Gasteiger partial charge < -0.3 is 20.5 Å². The minimum atomic E-state index is -1.17. The van der Waals surface area contributed by atoms with Crippen LogP contribution < -0.4 is 10.6 Å². The molecule has 3 atom stereocenters. The van der Waals surface area contributed by atoms with Crippen LogP contribution in [-0.2, 0) is 20.7 Å². The zero-order valence-corrected chi connectivity index (χ0v) is 19.7. The summed E-state index contributed by atoms with van der Waals surface area (Å²) >= 11 is 0. The highest BCUT2D eigenvalue weighted by molar-refractivity contribution is 6.00. The molecule has 0 radical (unpaired) electrons. The maximum Gasteiger partial charge on any atom is 0.251 e. The van der Waals surface area contributed by atoms with Gasteiger partial charge in [0, 0.05) is 12.0 Å². The van der Waals surface area contributed by atoms with Crippen molar-refractivity contribution in [2.24, 2.45) is 0 Å². The van der Waals surface area contributed by atoms with Gasteiger partial charge in [-0.25, -0.2) is 0 Å². The van der Waals surface area contributed by atoms with Crippen LogP contribution in [0.15, 0.2) is 78.9 Å². The molecule has 1 aliphatic rings. The number of carbonyl (C=O) groups is 3. The Bertz CT molecular complexity index is 1210. The molecule has 0 saturated carbocycles. The van der Waals surface area contributed by atoms with Crippen molar-refractivity contribution in [3.05, 3.63) is 90.0 Å². The van der Waals surface area contributed by atoms with Gasteiger partial charge in [0.1, 0.15) is 23.9 Å². The number of hydrogen-bond donors (Lipinski definition) is 3. The van der Waals surface area contributed by atoms with Crippen LogP contribution in [0.1, 0.15) is 29.8 Å². The van der Waals surface area contributed by atoms with Crippen LogP contribution >= 0.6 is 0 Å². The molecule has 0 aliphatic carbocycles. The van der Waals surface area contributed by atoms with Gasteiger partial charge in [-0.3, -0.25) is 14.4 Å². The van der Waals surface area contributed by atoms with Gasteiger partial charge in [-0.2, -0.15) is 0 Å². The van der Waals surface area contributed by atoms with E-state index in [1.165, 1.54) is 12.1 Å². The van der Waals surface area contributed by atoms with Gasteiger partial charge in [0.25, 0.3) is 5.91 Å². The molecule has 35 heavy (non-hydrogen) atoms. The number of ketones is 1. The third kappa shape index (κ3) is 5.41. The monoisotopic (exact) mass is 472 g/mol. The summed E-state index contributed by atoms with van der Waals surface area (Å²) in [6.07, 6.45) is -0.311. The second-order valence-corrected chi connectivity index (χ2v) is 8.91. The molecule has 4 rings (SSSR count). The number of ether oxygens (including phenoxy) is 1. The molecule has 0 aromatic heterocycles. The Balaban J connectivity index is 1.53. The second kappa shape index (κ2) is 10.1. The molecule has 3 N–H and O–H groups in total. The van der Waals surface area contributed by atoms with Gasteiger partial charge >= 0.3 is 0 Å². The average molecular weight is 473 g/mol. The first kappa shape index (κ1) is 24.2. The third-order valence-electron chi connectivity index (χ3n) is 6.49. The smallest absolute Gasteiger partial charge is 0.251 e. The summed E-state index contributed by atoms with van der Waals surface area (Å²) < 4.78 is 5.41. The zero-order valence-electron chi connectivity index (χ0n) is 19.7. The molecular weight excluding hydrogens is 444 g/mol. The topological polar surface area (TPSA) is 105 Å². The Morgan fingerprint density at radius 1 is 1.00 bits per heavy atom. The lowest BCUT2D eigenvalue weighted by Crippen LogP contribution is -2.60. The van der Waals surface area contributed by atoms with Gasteiger partial charge in [0.15, 0.2) is 5.78 Å². The number of nitrogens with one attached hydrogen (secondary N) is 2. The number of aromatic hydroxyl groups is 1. The van der Waals surface area contributed by atoms with E-state index in [-0.39, 0.29) is 24.6 Å². The fraction of sp³-hybridized carbons (Fsp3) is 0.250. The van der Waals surface area contributed by atoms with Crippen LogP contribution in [0, 0.1) is 0 Å². The van der Waals surface area contributed by atoms with Crippen LogP contribution in [0.3, 0.4) is 0 Å². The molecule has 180 valence electrons. The molecule has 3 unspecified atom stereocenters. The molecule has 0 spiro atoms. The molecule has 1 saturated heterocycles. The first-order valence-corrected chi connectivity index (χ1v) is 11.5. The van der Waals surface area contributed by atoms with Crippen molar-refractivity contribution in [2.75, 3.05) is 6.61 Å². The number of benzene rings is 3. The van der Waals surface area contributed by atoms with Crippen LogP contribution in [0.25, 0.3) is 11.1 Å². The van der Waals surface area contributed by atoms with Crippen molar-refractivity contribution in [3.8, 4) is 16.9 Å². The Labute approximate surface area is 204 Å². The summed E-state index contributed by atoms with van der Waals surface area (Å²) in [6, 6.07) is 22.4. The van der Waals surface area contributed by atoms with E-state index in [1.807, 2.05) is 42.5 Å². The fourth-order valence-electron chi connectivity index (χ4n) is 4.02. The fourth-order valence-corrected chi connectivity index (χ4v) is 4.02. The Morgan fingerprint density at radius 2 is 1.63 bits per heavy atom. The van der Waals surface area contributed by atoms with Crippen molar-refractivity contribution < 1.29 is 24.2 Å². The lowest BCUT2D eigenvalue weighted by molar-refractivity contribution is -0.130. The zero-order chi connectivity index (χ0) is 25.0. The van der Waals surface area contributed by atoms with E-state index in [4.69, 9.17) is 4.74 Å². The highest BCUT2D eigenvalue weighted by atomic mass is 16.5. The first-order valence-electron chi connectivity index (χ1n) is 11.5. The average Bonchev–Trinajstić information content (AvgIpc) is 3.12. The number of phenols is 1. The molecule has 7 nitrogen and oxygen atoms in total. The van der Waals surface area contributed by atoms with Crippen LogP contribution in [-0.4, -0.2) is 47.0 Å². The number of amides is 2. The summed E-state index contributed by atoms with van der Waals surface area (Å²) in [5.41, 5.74) is 1.99. The summed E-state index contributed by atoms with van der Waals surface area (Å²) in [5, 5.41) is 15.2. The Morgan fingerprint density at radius 3 is 2.23 bits per heavy atom. The van der Waals surface area contributed by atoms with E-state index in [2.05, 4.69) is 10.6 Å². The van der Waals surface area contributed by atoms with E-state index in [0.717, 1.165) is 16.7 Å². The molecule has 7 heteroatoms. The number of Topliss-reactive ketones (excluding diaryl/α,β-unsaturated/α-hetero) is 1. The third-order valence-corrected chi connectivity index (χ3v) is 6.49. The van der Waals surface area contributed by atoms with Crippen molar-refractivity contribution in [3.63, 3.8) is 0 Å². The van der Waals surface area contributed by atoms with Gasteiger partial charge in [-0.05, 0) is 54.8 Å². The molecule has 3 aromatic rings. The van der Waals surface area contributed by atoms with E-state index < -0.39 is 29.5 Å². The van der Waals surface area contributed by atoms with Crippen molar-refractivity contribution in [2.45, 2.75) is 38.0 Å². The molecule has 1 heterocycles. The largest absolute Gasteiger partial charge is 0.508 e. The normalized spacial score (nSPS) is 20.3. The minimum Gasteiger partial charge on any atom is -0.508 e. The summed E-state index contributed by atoms with van der Waals surface area (Å²) in [5.74, 6) is -1.01. The predicted octanol–water partition coefficient (Wildman–Crippen LogP) is 3.26. The van der Waals surface area contributed by atoms with Crippen molar-refractivity contribution in [1.82, 2.24) is 10.6 Å². The van der Waals surface area contributed by atoms with Gasteiger partial charge in [-0.15, -0.1) is 0 Å². The molecular formula is C28H28N2O5. The molecule has 1 aliphatic heterocycles. The Kier molecular flexibility index (Phi) is 6.98. The number of carbonyl (C=O) groups excluding carboxylic acids is 3. The highest BCUT2D eigenvalue weighted by Gasteiger charge is 2.47. The van der Waals surface area contributed by atoms with Crippen LogP contribution in [0.2, 0.25) is 0 Å². The maximum absolute atomic E-state index is 13.3. The summed E-state index contributed by atoms with van der Waals surface area (Å²) in [4.78, 5) is 38.8. The molecule has 3 aromatic carbocycles. The summed E-state index contributed by atoms with van der Waals surface area (Å²) in [7, 11) is 0. The maximum atomic E-state index is 13.3. The standard InChI is InChI=1S/C28H28N2O5/c1-18-28(2,25(32)17-35-18)30-27(34)24(16-19-8-14-23(31)15-9-19)29-26(33)22-12-10-21(11-13-22)20-6-4-3-5-7-20/h3-15,18,24,31H,16-17H2,1-2H3,(H,29,33)(H,30,34). The van der Waals surface area contributed by atoms with Crippen LogP contribution in [0.5, 0.6) is 5.75 Å². The lowest BCUT2D eigenvalue weighted by Gasteiger charge is -2.30. The Hall–Kier alpha value is -3.97. The SMILES string of the molecule is CC1OCC(=O)C1(C)NC(=O)C(Cc1ccc(O)cc1)NC(=O)c1ccc(-c2ccccc2)cc1. The molecule has 1 fully saturated rings. The van der Waals surface area contributed by atoms with Crippen molar-refractivity contribution in [1.29, 1.82) is 0 Å². The van der Waals surface area contributed by atoms with Crippen LogP contribution in [0.4, 0.5) is 0 Å². The van der Waals surface area contributed by atoms with Gasteiger partial charge in [0.05, 0.1) is 6.10 Å². The highest BCUT2D eigenvalue weighted by Crippen LogP contribution is 2.23. The molecule has 2 amide bonds. The predicted molar refractivity (Wildman–Crippen MR) is 132 cm³/mol. The quantitative estimate of drug-likeness (QED) is 0.490. The van der Waals surface area contributed by atoms with Gasteiger partial charge in [0.2, 0.25) is 5.91 Å². The van der Waals surface area contributed by atoms with E-state index in [9.17, 15) is 19.5 Å². The second-order valence-electron chi connectivity index (χ2n) is 8.91. The lowest BCUT2D eigenvalue weighted by atomic mass is 9.92. The summed E-state index contributed by atoms with van der Waals surface area (Å²) in [6.45, 7) is 3.29.